The van der Waals surface area contributed by atoms with Gasteiger partial charge in [-0.05, 0) is 36.4 Å². The van der Waals surface area contributed by atoms with Crippen molar-refractivity contribution in [2.45, 2.75) is 0 Å². The summed E-state index contributed by atoms with van der Waals surface area (Å²) < 4.78 is 1.95. The van der Waals surface area contributed by atoms with Crippen LogP contribution in [0, 0.1) is 0 Å². The highest BCUT2D eigenvalue weighted by atomic mass is 16.3. The highest BCUT2D eigenvalue weighted by Crippen LogP contribution is 2.29. The largest absolute Gasteiger partial charge is 0.508 e. The summed E-state index contributed by atoms with van der Waals surface area (Å²) in [6, 6.07) is 15.4. The molecule has 0 radical (unpaired) electrons. The molecule has 2 heterocycles. The minimum Gasteiger partial charge on any atom is -0.508 e. The number of hydrogen-bond acceptors (Lipinski definition) is 4. The summed E-state index contributed by atoms with van der Waals surface area (Å²) in [7, 11) is 0. The smallest absolute Gasteiger partial charge is 0.159 e. The number of anilines is 1. The second kappa shape index (κ2) is 5.35. The maximum atomic E-state index is 9.48. The normalized spacial score (nSPS) is 15.4. The van der Waals surface area contributed by atoms with Crippen LogP contribution in [0.2, 0.25) is 0 Å². The molecule has 0 saturated carbocycles. The summed E-state index contributed by atoms with van der Waals surface area (Å²) in [5.41, 5.74) is 2.04. The number of aromatic hydroxyl groups is 1. The van der Waals surface area contributed by atoms with Gasteiger partial charge in [0.15, 0.2) is 5.82 Å². The molecule has 0 amide bonds. The second-order valence-corrected chi connectivity index (χ2v) is 5.51. The molecule has 0 aliphatic carbocycles. The molecular formula is C17H18N4O. The van der Waals surface area contributed by atoms with Crippen LogP contribution in [0.25, 0.3) is 16.6 Å². The molecule has 1 saturated heterocycles. The van der Waals surface area contributed by atoms with Gasteiger partial charge in [0.2, 0.25) is 0 Å². The highest BCUT2D eigenvalue weighted by Gasteiger charge is 2.18. The minimum absolute atomic E-state index is 0.266. The van der Waals surface area contributed by atoms with Gasteiger partial charge in [-0.25, -0.2) is 4.68 Å². The first kappa shape index (κ1) is 13.2. The molecule has 0 spiro atoms. The average Bonchev–Trinajstić information content (AvgIpc) is 2.96. The van der Waals surface area contributed by atoms with Gasteiger partial charge in [-0.1, -0.05) is 12.1 Å². The van der Waals surface area contributed by atoms with E-state index in [1.165, 1.54) is 0 Å². The van der Waals surface area contributed by atoms with Crippen molar-refractivity contribution in [2.75, 3.05) is 31.1 Å². The number of phenols is 1. The van der Waals surface area contributed by atoms with Crippen molar-refractivity contribution < 1.29 is 5.11 Å². The van der Waals surface area contributed by atoms with Gasteiger partial charge >= 0.3 is 0 Å². The molecule has 1 aliphatic heterocycles. The SMILES string of the molecule is Oc1ccc(-n2nc(N3CCNCC3)c3ccccc32)cc1. The van der Waals surface area contributed by atoms with Crippen molar-refractivity contribution in [3.63, 3.8) is 0 Å². The van der Waals surface area contributed by atoms with Gasteiger partial charge in [0.1, 0.15) is 5.75 Å². The van der Waals surface area contributed by atoms with E-state index in [9.17, 15) is 5.11 Å². The molecule has 2 aromatic carbocycles. The third kappa shape index (κ3) is 2.19. The van der Waals surface area contributed by atoms with Crippen LogP contribution < -0.4 is 10.2 Å². The second-order valence-electron chi connectivity index (χ2n) is 5.51. The Morgan fingerprint density at radius 3 is 2.45 bits per heavy atom. The van der Waals surface area contributed by atoms with E-state index < -0.39 is 0 Å². The molecule has 1 aromatic heterocycles. The van der Waals surface area contributed by atoms with E-state index in [-0.39, 0.29) is 5.75 Å². The summed E-state index contributed by atoms with van der Waals surface area (Å²) in [5.74, 6) is 1.30. The molecule has 1 fully saturated rings. The zero-order valence-corrected chi connectivity index (χ0v) is 12.2. The number of para-hydroxylation sites is 1. The first-order valence-corrected chi connectivity index (χ1v) is 7.56. The number of nitrogens with zero attached hydrogens (tertiary/aromatic N) is 3. The maximum Gasteiger partial charge on any atom is 0.159 e. The Hall–Kier alpha value is -2.53. The standard InChI is InChI=1S/C17H18N4O/c22-14-7-5-13(6-8-14)21-16-4-2-1-3-15(16)17(19-21)20-11-9-18-10-12-20/h1-8,18,22H,9-12H2. The molecule has 5 nitrogen and oxygen atoms in total. The van der Waals surface area contributed by atoms with E-state index >= 15 is 0 Å². The molecule has 1 aliphatic rings. The van der Waals surface area contributed by atoms with Crippen LogP contribution in [0.4, 0.5) is 5.82 Å². The van der Waals surface area contributed by atoms with Crippen molar-refractivity contribution in [3.8, 4) is 11.4 Å². The molecule has 112 valence electrons. The molecule has 3 aromatic rings. The molecule has 2 N–H and O–H groups in total. The van der Waals surface area contributed by atoms with E-state index in [2.05, 4.69) is 28.4 Å². The maximum absolute atomic E-state index is 9.48. The Balaban J connectivity index is 1.86. The van der Waals surface area contributed by atoms with E-state index in [0.717, 1.165) is 48.6 Å². The molecule has 5 heteroatoms. The van der Waals surface area contributed by atoms with E-state index in [1.54, 1.807) is 12.1 Å². The predicted octanol–water partition coefficient (Wildman–Crippen LogP) is 2.14. The molecule has 0 unspecified atom stereocenters. The summed E-state index contributed by atoms with van der Waals surface area (Å²) in [4.78, 5) is 2.33. The van der Waals surface area contributed by atoms with Crippen LogP contribution in [0.3, 0.4) is 0 Å². The fourth-order valence-corrected chi connectivity index (χ4v) is 2.95. The third-order valence-electron chi connectivity index (χ3n) is 4.08. The topological polar surface area (TPSA) is 53.3 Å². The minimum atomic E-state index is 0.266. The van der Waals surface area contributed by atoms with Gasteiger partial charge in [-0.15, -0.1) is 5.10 Å². The van der Waals surface area contributed by atoms with Crippen LogP contribution in [-0.2, 0) is 0 Å². The van der Waals surface area contributed by atoms with Crippen molar-refractivity contribution in [1.29, 1.82) is 0 Å². The Morgan fingerprint density at radius 1 is 0.955 bits per heavy atom. The number of aromatic nitrogens is 2. The zero-order valence-electron chi connectivity index (χ0n) is 12.2. The lowest BCUT2D eigenvalue weighted by atomic mass is 10.2. The Bertz CT molecular complexity index is 788. The monoisotopic (exact) mass is 294 g/mol. The average molecular weight is 294 g/mol. The van der Waals surface area contributed by atoms with E-state index in [4.69, 9.17) is 5.10 Å². The molecule has 0 bridgehead atoms. The fourth-order valence-electron chi connectivity index (χ4n) is 2.95. The van der Waals surface area contributed by atoms with Crippen molar-refractivity contribution in [1.82, 2.24) is 15.1 Å². The van der Waals surface area contributed by atoms with Crippen LogP contribution in [0.15, 0.2) is 48.5 Å². The molecular weight excluding hydrogens is 276 g/mol. The summed E-state index contributed by atoms with van der Waals surface area (Å²) in [6.07, 6.45) is 0. The quantitative estimate of drug-likeness (QED) is 0.760. The molecule has 22 heavy (non-hydrogen) atoms. The lowest BCUT2D eigenvalue weighted by molar-refractivity contribution is 0.475. The van der Waals surface area contributed by atoms with Gasteiger partial charge in [0, 0.05) is 31.6 Å². The molecule has 0 atom stereocenters. The van der Waals surface area contributed by atoms with Gasteiger partial charge in [-0.2, -0.15) is 0 Å². The highest BCUT2D eigenvalue weighted by molar-refractivity contribution is 5.91. The number of piperazine rings is 1. The fraction of sp³-hybridized carbons (Fsp3) is 0.235. The number of fused-ring (bicyclic) bond motifs is 1. The lowest BCUT2D eigenvalue weighted by Crippen LogP contribution is -2.43. The summed E-state index contributed by atoms with van der Waals surface area (Å²) in [5, 5.41) is 18.9. The Labute approximate surface area is 128 Å². The summed E-state index contributed by atoms with van der Waals surface area (Å²) >= 11 is 0. The zero-order chi connectivity index (χ0) is 14.9. The Morgan fingerprint density at radius 2 is 1.68 bits per heavy atom. The van der Waals surface area contributed by atoms with E-state index in [1.807, 2.05) is 22.9 Å². The van der Waals surface area contributed by atoms with Gasteiger partial charge in [0.05, 0.1) is 11.2 Å². The summed E-state index contributed by atoms with van der Waals surface area (Å²) in [6.45, 7) is 3.91. The van der Waals surface area contributed by atoms with Crippen LogP contribution in [0.1, 0.15) is 0 Å². The molecule has 4 rings (SSSR count). The van der Waals surface area contributed by atoms with Crippen LogP contribution >= 0.6 is 0 Å². The number of nitrogens with one attached hydrogen (secondary N) is 1. The number of benzene rings is 2. The van der Waals surface area contributed by atoms with Crippen molar-refractivity contribution in [3.05, 3.63) is 48.5 Å². The predicted molar refractivity (Wildman–Crippen MR) is 87.8 cm³/mol. The van der Waals surface area contributed by atoms with E-state index in [0.29, 0.717) is 0 Å². The number of hydrogen-bond donors (Lipinski definition) is 2. The Kier molecular flexibility index (Phi) is 3.20. The van der Waals surface area contributed by atoms with Gasteiger partial charge in [0.25, 0.3) is 0 Å². The van der Waals surface area contributed by atoms with Gasteiger partial charge < -0.3 is 15.3 Å². The van der Waals surface area contributed by atoms with Gasteiger partial charge in [-0.3, -0.25) is 0 Å². The van der Waals surface area contributed by atoms with Crippen LogP contribution in [0.5, 0.6) is 5.75 Å². The number of phenolic OH excluding ortho intramolecular Hbond substituents is 1. The third-order valence-corrected chi connectivity index (χ3v) is 4.08. The van der Waals surface area contributed by atoms with Crippen molar-refractivity contribution >= 4 is 16.7 Å². The van der Waals surface area contributed by atoms with Crippen molar-refractivity contribution in [2.24, 2.45) is 0 Å². The number of rotatable bonds is 2. The van der Waals surface area contributed by atoms with Crippen LogP contribution in [-0.4, -0.2) is 41.1 Å². The lowest BCUT2D eigenvalue weighted by Gasteiger charge is -2.27. The first-order valence-electron chi connectivity index (χ1n) is 7.56. The first-order chi connectivity index (χ1) is 10.8.